The number of hydrogen-bond donors (Lipinski definition) is 1. The monoisotopic (exact) mass is 265 g/mol. The van der Waals surface area contributed by atoms with Crippen molar-refractivity contribution < 1.29 is 14.2 Å². The molecule has 1 heterocycles. The molecule has 1 atom stereocenters. The summed E-state index contributed by atoms with van der Waals surface area (Å²) in [5.74, 6) is 2.20. The van der Waals surface area contributed by atoms with E-state index in [9.17, 15) is 0 Å². The maximum atomic E-state index is 5.43. The van der Waals surface area contributed by atoms with Crippen molar-refractivity contribution in [2.75, 3.05) is 13.9 Å². The van der Waals surface area contributed by atoms with Crippen LogP contribution in [0.1, 0.15) is 33.3 Å². The third-order valence-corrected chi connectivity index (χ3v) is 3.63. The predicted molar refractivity (Wildman–Crippen MR) is 74.9 cm³/mol. The maximum Gasteiger partial charge on any atom is 0.231 e. The van der Waals surface area contributed by atoms with Gasteiger partial charge in [-0.1, -0.05) is 20.8 Å². The first-order valence-corrected chi connectivity index (χ1v) is 6.61. The van der Waals surface area contributed by atoms with Crippen LogP contribution in [0.4, 0.5) is 0 Å². The fraction of sp³-hybridized carbons (Fsp3) is 0.600. The van der Waals surface area contributed by atoms with Crippen LogP contribution in [0.5, 0.6) is 17.2 Å². The molecule has 0 spiro atoms. The molecule has 106 valence electrons. The molecule has 0 bridgehead atoms. The van der Waals surface area contributed by atoms with Gasteiger partial charge in [0.15, 0.2) is 11.5 Å². The average molecular weight is 265 g/mol. The second-order valence-electron chi connectivity index (χ2n) is 6.00. The van der Waals surface area contributed by atoms with Gasteiger partial charge in [0.1, 0.15) is 0 Å². The molecule has 1 unspecified atom stereocenters. The van der Waals surface area contributed by atoms with E-state index in [-0.39, 0.29) is 12.2 Å². The Balaban J connectivity index is 2.10. The van der Waals surface area contributed by atoms with Gasteiger partial charge in [0, 0.05) is 12.6 Å². The van der Waals surface area contributed by atoms with Gasteiger partial charge in [-0.05, 0) is 30.0 Å². The molecular weight excluding hydrogens is 242 g/mol. The van der Waals surface area contributed by atoms with E-state index >= 15 is 0 Å². The SMILES string of the molecule is COc1cc(CNC(C)C(C)(C)C)cc2c1OCO2. The molecule has 1 N–H and O–H groups in total. The van der Waals surface area contributed by atoms with Gasteiger partial charge in [-0.15, -0.1) is 0 Å². The molecule has 19 heavy (non-hydrogen) atoms. The first-order chi connectivity index (χ1) is 8.91. The Morgan fingerprint density at radius 1 is 1.32 bits per heavy atom. The normalized spacial score (nSPS) is 15.4. The van der Waals surface area contributed by atoms with E-state index in [2.05, 4.69) is 33.0 Å². The van der Waals surface area contributed by atoms with Crippen molar-refractivity contribution in [3.05, 3.63) is 17.7 Å². The highest BCUT2D eigenvalue weighted by atomic mass is 16.7. The van der Waals surface area contributed by atoms with Crippen molar-refractivity contribution in [3.63, 3.8) is 0 Å². The first-order valence-electron chi connectivity index (χ1n) is 6.61. The largest absolute Gasteiger partial charge is 0.493 e. The zero-order valence-corrected chi connectivity index (χ0v) is 12.4. The minimum Gasteiger partial charge on any atom is -0.493 e. The van der Waals surface area contributed by atoms with Gasteiger partial charge in [-0.25, -0.2) is 0 Å². The molecule has 1 aromatic carbocycles. The minimum atomic E-state index is 0.237. The van der Waals surface area contributed by atoms with Crippen LogP contribution in [-0.4, -0.2) is 19.9 Å². The Morgan fingerprint density at radius 2 is 2.05 bits per heavy atom. The van der Waals surface area contributed by atoms with Crippen molar-refractivity contribution in [2.45, 2.75) is 40.3 Å². The molecule has 1 aliphatic rings. The second-order valence-corrected chi connectivity index (χ2v) is 6.00. The van der Waals surface area contributed by atoms with Gasteiger partial charge < -0.3 is 19.5 Å². The fourth-order valence-corrected chi connectivity index (χ4v) is 1.86. The van der Waals surface area contributed by atoms with Crippen molar-refractivity contribution >= 4 is 0 Å². The fourth-order valence-electron chi connectivity index (χ4n) is 1.86. The van der Waals surface area contributed by atoms with Gasteiger partial charge in [0.25, 0.3) is 0 Å². The Morgan fingerprint density at radius 3 is 2.68 bits per heavy atom. The van der Waals surface area contributed by atoms with E-state index in [1.807, 2.05) is 12.1 Å². The van der Waals surface area contributed by atoms with Crippen molar-refractivity contribution in [1.29, 1.82) is 0 Å². The molecule has 2 rings (SSSR count). The predicted octanol–water partition coefficient (Wildman–Crippen LogP) is 2.95. The Hall–Kier alpha value is -1.42. The summed E-state index contributed by atoms with van der Waals surface area (Å²) in [5.41, 5.74) is 1.37. The third-order valence-electron chi connectivity index (χ3n) is 3.63. The number of hydrogen-bond acceptors (Lipinski definition) is 4. The summed E-state index contributed by atoms with van der Waals surface area (Å²) in [5, 5.41) is 3.53. The lowest BCUT2D eigenvalue weighted by molar-refractivity contribution is 0.171. The Kier molecular flexibility index (Phi) is 3.90. The highest BCUT2D eigenvalue weighted by molar-refractivity contribution is 5.55. The van der Waals surface area contributed by atoms with Crippen LogP contribution in [0.25, 0.3) is 0 Å². The van der Waals surface area contributed by atoms with Crippen LogP contribution < -0.4 is 19.5 Å². The molecule has 0 saturated heterocycles. The van der Waals surface area contributed by atoms with Crippen LogP contribution >= 0.6 is 0 Å². The number of methoxy groups -OCH3 is 1. The minimum absolute atomic E-state index is 0.237. The summed E-state index contributed by atoms with van der Waals surface area (Å²) in [6.07, 6.45) is 0. The number of ether oxygens (including phenoxy) is 3. The molecule has 1 aliphatic heterocycles. The molecule has 0 fully saturated rings. The highest BCUT2D eigenvalue weighted by Gasteiger charge is 2.22. The van der Waals surface area contributed by atoms with E-state index in [0.29, 0.717) is 11.8 Å². The lowest BCUT2D eigenvalue weighted by Crippen LogP contribution is -2.37. The van der Waals surface area contributed by atoms with Crippen molar-refractivity contribution in [2.24, 2.45) is 5.41 Å². The maximum absolute atomic E-state index is 5.43. The van der Waals surface area contributed by atoms with Gasteiger partial charge >= 0.3 is 0 Å². The number of benzene rings is 1. The summed E-state index contributed by atoms with van der Waals surface area (Å²) < 4.78 is 16.2. The van der Waals surface area contributed by atoms with Gasteiger partial charge in [-0.3, -0.25) is 0 Å². The van der Waals surface area contributed by atoms with Crippen molar-refractivity contribution in [1.82, 2.24) is 5.32 Å². The summed E-state index contributed by atoms with van der Waals surface area (Å²) in [7, 11) is 1.65. The van der Waals surface area contributed by atoms with Gasteiger partial charge in [-0.2, -0.15) is 0 Å². The smallest absolute Gasteiger partial charge is 0.231 e. The summed E-state index contributed by atoms with van der Waals surface area (Å²) >= 11 is 0. The summed E-state index contributed by atoms with van der Waals surface area (Å²) in [4.78, 5) is 0. The third kappa shape index (κ3) is 3.13. The molecule has 0 amide bonds. The molecule has 4 heteroatoms. The lowest BCUT2D eigenvalue weighted by atomic mass is 9.88. The molecule has 0 saturated carbocycles. The summed E-state index contributed by atoms with van der Waals surface area (Å²) in [6, 6.07) is 4.42. The zero-order valence-electron chi connectivity index (χ0n) is 12.4. The summed E-state index contributed by atoms with van der Waals surface area (Å²) in [6.45, 7) is 9.93. The molecular formula is C15H23NO3. The molecule has 1 aromatic rings. The van der Waals surface area contributed by atoms with E-state index in [4.69, 9.17) is 14.2 Å². The van der Waals surface area contributed by atoms with Crippen LogP contribution in [0.15, 0.2) is 12.1 Å². The molecule has 0 aromatic heterocycles. The Bertz CT molecular complexity index is 451. The van der Waals surface area contributed by atoms with Crippen molar-refractivity contribution in [3.8, 4) is 17.2 Å². The van der Waals surface area contributed by atoms with E-state index in [1.54, 1.807) is 7.11 Å². The van der Waals surface area contributed by atoms with Crippen LogP contribution in [0.2, 0.25) is 0 Å². The van der Waals surface area contributed by atoms with Crippen LogP contribution in [0, 0.1) is 5.41 Å². The quantitative estimate of drug-likeness (QED) is 0.908. The first kappa shape index (κ1) is 14.0. The van der Waals surface area contributed by atoms with E-state index in [0.717, 1.165) is 23.6 Å². The molecule has 4 nitrogen and oxygen atoms in total. The topological polar surface area (TPSA) is 39.7 Å². The highest BCUT2D eigenvalue weighted by Crippen LogP contribution is 2.41. The lowest BCUT2D eigenvalue weighted by Gasteiger charge is -2.28. The second kappa shape index (κ2) is 5.29. The van der Waals surface area contributed by atoms with E-state index in [1.165, 1.54) is 0 Å². The zero-order chi connectivity index (χ0) is 14.0. The van der Waals surface area contributed by atoms with Gasteiger partial charge in [0.05, 0.1) is 7.11 Å². The van der Waals surface area contributed by atoms with E-state index < -0.39 is 0 Å². The van der Waals surface area contributed by atoms with Gasteiger partial charge in [0.2, 0.25) is 12.5 Å². The van der Waals surface area contributed by atoms with Crippen LogP contribution in [0.3, 0.4) is 0 Å². The number of fused-ring (bicyclic) bond motifs is 1. The molecule has 0 radical (unpaired) electrons. The van der Waals surface area contributed by atoms with Crippen LogP contribution in [-0.2, 0) is 6.54 Å². The number of nitrogens with one attached hydrogen (secondary N) is 1. The average Bonchev–Trinajstić information content (AvgIpc) is 2.81. The molecule has 0 aliphatic carbocycles. The standard InChI is InChI=1S/C15H23NO3/c1-10(15(2,3)4)16-8-11-6-12(17-5)14-13(7-11)18-9-19-14/h6-7,10,16H,8-9H2,1-5H3. The number of rotatable bonds is 4. The Labute approximate surface area is 115 Å².